The SMILES string of the molecule is CCCCCCCCCCCCCCCC(=O)[C@H](CCCO[Si](C)(C)C(C)(C)C)NC(=O)OC(C)(C)C. The van der Waals surface area contributed by atoms with Crippen LogP contribution in [0, 0.1) is 0 Å². The highest BCUT2D eigenvalue weighted by Crippen LogP contribution is 2.36. The Balaban J connectivity index is 4.34. The molecule has 6 heteroatoms. The Labute approximate surface area is 231 Å². The molecule has 0 fully saturated rings. The number of amides is 1. The first-order valence-corrected chi connectivity index (χ1v) is 18.3. The quantitative estimate of drug-likeness (QED) is 0.116. The molecule has 0 aliphatic carbocycles. The van der Waals surface area contributed by atoms with Gasteiger partial charge in [0.05, 0.1) is 6.04 Å². The standard InChI is InChI=1S/C31H63NO4Si/c1-10-11-12-13-14-15-16-17-18-19-20-21-22-25-28(33)27(32-29(34)36-30(2,3)4)24-23-26-35-37(8,9)31(5,6)7/h27H,10-26H2,1-9H3,(H,32,34)/t27-/m0/s1. The average Bonchev–Trinajstić information content (AvgIpc) is 2.76. The van der Waals surface area contributed by atoms with E-state index in [4.69, 9.17) is 9.16 Å². The number of ether oxygens (including phenoxy) is 1. The highest BCUT2D eigenvalue weighted by molar-refractivity contribution is 6.74. The largest absolute Gasteiger partial charge is 0.444 e. The Kier molecular flexibility index (Phi) is 18.8. The predicted molar refractivity (Wildman–Crippen MR) is 161 cm³/mol. The van der Waals surface area contributed by atoms with Crippen LogP contribution in [-0.4, -0.2) is 38.4 Å². The lowest BCUT2D eigenvalue weighted by Crippen LogP contribution is -2.44. The average molecular weight is 542 g/mol. The molecule has 0 bridgehead atoms. The molecule has 220 valence electrons. The first-order valence-electron chi connectivity index (χ1n) is 15.4. The first kappa shape index (κ1) is 36.1. The number of nitrogens with one attached hydrogen (secondary N) is 1. The van der Waals surface area contributed by atoms with Gasteiger partial charge in [0.25, 0.3) is 0 Å². The molecule has 1 atom stereocenters. The van der Waals surface area contributed by atoms with E-state index in [0.717, 1.165) is 19.3 Å². The zero-order valence-electron chi connectivity index (χ0n) is 26.2. The number of hydrogen-bond donors (Lipinski definition) is 1. The summed E-state index contributed by atoms with van der Waals surface area (Å²) in [5.74, 6) is 0.112. The van der Waals surface area contributed by atoms with E-state index in [0.29, 0.717) is 19.4 Å². The highest BCUT2D eigenvalue weighted by Gasteiger charge is 2.37. The van der Waals surface area contributed by atoms with Crippen LogP contribution in [0.5, 0.6) is 0 Å². The van der Waals surface area contributed by atoms with E-state index in [-0.39, 0.29) is 10.8 Å². The molecule has 1 amide bonds. The van der Waals surface area contributed by atoms with Crippen molar-refractivity contribution in [1.29, 1.82) is 0 Å². The zero-order chi connectivity index (χ0) is 28.4. The Hall–Kier alpha value is -0.883. The van der Waals surface area contributed by atoms with Crippen LogP contribution in [-0.2, 0) is 14.0 Å². The minimum absolute atomic E-state index is 0.112. The summed E-state index contributed by atoms with van der Waals surface area (Å²) in [5, 5.41) is 3.00. The van der Waals surface area contributed by atoms with Gasteiger partial charge in [0.2, 0.25) is 0 Å². The van der Waals surface area contributed by atoms with Crippen LogP contribution >= 0.6 is 0 Å². The monoisotopic (exact) mass is 541 g/mol. The van der Waals surface area contributed by atoms with E-state index < -0.39 is 26.1 Å². The number of rotatable bonds is 21. The van der Waals surface area contributed by atoms with E-state index in [2.05, 4.69) is 46.1 Å². The number of carbonyl (C=O) groups is 2. The highest BCUT2D eigenvalue weighted by atomic mass is 28.4. The lowest BCUT2D eigenvalue weighted by molar-refractivity contribution is -0.121. The van der Waals surface area contributed by atoms with Crippen LogP contribution in [0.1, 0.15) is 151 Å². The van der Waals surface area contributed by atoms with Gasteiger partial charge >= 0.3 is 6.09 Å². The molecule has 0 saturated heterocycles. The van der Waals surface area contributed by atoms with Crippen molar-refractivity contribution < 1.29 is 18.8 Å². The maximum atomic E-state index is 13.0. The van der Waals surface area contributed by atoms with Gasteiger partial charge in [-0.25, -0.2) is 4.79 Å². The van der Waals surface area contributed by atoms with Gasteiger partial charge in [0, 0.05) is 13.0 Å². The molecule has 0 rings (SSSR count). The summed E-state index contributed by atoms with van der Waals surface area (Å²) in [7, 11) is -1.82. The lowest BCUT2D eigenvalue weighted by Gasteiger charge is -2.36. The van der Waals surface area contributed by atoms with Crippen LogP contribution in [0.4, 0.5) is 4.79 Å². The van der Waals surface area contributed by atoms with Crippen molar-refractivity contribution in [1.82, 2.24) is 5.32 Å². The Morgan fingerprint density at radius 1 is 0.730 bits per heavy atom. The summed E-state index contributed by atoms with van der Waals surface area (Å²) in [6.07, 6.45) is 18.0. The van der Waals surface area contributed by atoms with Gasteiger partial charge in [-0.3, -0.25) is 4.79 Å². The van der Waals surface area contributed by atoms with Crippen molar-refractivity contribution in [2.24, 2.45) is 0 Å². The number of hydrogen-bond acceptors (Lipinski definition) is 4. The number of carbonyl (C=O) groups excluding carboxylic acids is 2. The molecule has 0 radical (unpaired) electrons. The van der Waals surface area contributed by atoms with Gasteiger partial charge in [-0.2, -0.15) is 0 Å². The van der Waals surface area contributed by atoms with E-state index >= 15 is 0 Å². The van der Waals surface area contributed by atoms with Crippen LogP contribution in [0.2, 0.25) is 18.1 Å². The van der Waals surface area contributed by atoms with Crippen LogP contribution in [0.15, 0.2) is 0 Å². The van der Waals surface area contributed by atoms with Gasteiger partial charge in [0.1, 0.15) is 5.60 Å². The Morgan fingerprint density at radius 2 is 1.19 bits per heavy atom. The fourth-order valence-corrected chi connectivity index (χ4v) is 5.17. The van der Waals surface area contributed by atoms with Gasteiger partial charge in [-0.15, -0.1) is 0 Å². The van der Waals surface area contributed by atoms with Gasteiger partial charge in [-0.1, -0.05) is 105 Å². The minimum atomic E-state index is -1.82. The van der Waals surface area contributed by atoms with E-state index in [1.807, 2.05) is 20.8 Å². The molecule has 0 unspecified atom stereocenters. The molecule has 0 aromatic heterocycles. The summed E-state index contributed by atoms with van der Waals surface area (Å²) in [4.78, 5) is 25.4. The predicted octanol–water partition coefficient (Wildman–Crippen LogP) is 9.73. The molecule has 0 aromatic rings. The molecule has 5 nitrogen and oxygen atoms in total. The van der Waals surface area contributed by atoms with E-state index in [9.17, 15) is 9.59 Å². The summed E-state index contributed by atoms with van der Waals surface area (Å²) < 4.78 is 11.7. The normalized spacial score (nSPS) is 13.4. The van der Waals surface area contributed by atoms with Crippen molar-refractivity contribution in [2.75, 3.05) is 6.61 Å². The number of ketones is 1. The van der Waals surface area contributed by atoms with Crippen molar-refractivity contribution in [3.05, 3.63) is 0 Å². The Morgan fingerprint density at radius 3 is 1.62 bits per heavy atom. The van der Waals surface area contributed by atoms with Crippen LogP contribution < -0.4 is 5.32 Å². The molecule has 0 aliphatic heterocycles. The lowest BCUT2D eigenvalue weighted by atomic mass is 10.0. The third-order valence-corrected chi connectivity index (χ3v) is 12.1. The Bertz CT molecular complexity index is 607. The second-order valence-electron chi connectivity index (χ2n) is 13.4. The first-order chi connectivity index (χ1) is 17.2. The van der Waals surface area contributed by atoms with Crippen molar-refractivity contribution in [3.8, 4) is 0 Å². The fraction of sp³-hybridized carbons (Fsp3) is 0.935. The molecule has 0 aliphatic rings. The van der Waals surface area contributed by atoms with Crippen LogP contribution in [0.3, 0.4) is 0 Å². The molecule has 37 heavy (non-hydrogen) atoms. The summed E-state index contributed by atoms with van der Waals surface area (Å²) in [6.45, 7) is 19.6. The second-order valence-corrected chi connectivity index (χ2v) is 18.2. The van der Waals surface area contributed by atoms with E-state index in [1.165, 1.54) is 70.6 Å². The second kappa shape index (κ2) is 19.2. The third kappa shape index (κ3) is 19.8. The molecule has 0 heterocycles. The molecule has 1 N–H and O–H groups in total. The third-order valence-electron chi connectivity index (χ3n) is 7.51. The topological polar surface area (TPSA) is 64.6 Å². The number of alkyl carbamates (subject to hydrolysis) is 1. The fourth-order valence-electron chi connectivity index (χ4n) is 4.09. The zero-order valence-corrected chi connectivity index (χ0v) is 27.2. The van der Waals surface area contributed by atoms with Gasteiger partial charge < -0.3 is 14.5 Å². The van der Waals surface area contributed by atoms with Crippen molar-refractivity contribution in [3.63, 3.8) is 0 Å². The van der Waals surface area contributed by atoms with Gasteiger partial charge in [0.15, 0.2) is 14.1 Å². The van der Waals surface area contributed by atoms with Crippen molar-refractivity contribution >= 4 is 20.2 Å². The summed E-state index contributed by atoms with van der Waals surface area (Å²) in [5.41, 5.74) is -0.585. The molecule has 0 spiro atoms. The maximum absolute atomic E-state index is 13.0. The summed E-state index contributed by atoms with van der Waals surface area (Å²) in [6, 6.07) is -0.504. The van der Waals surface area contributed by atoms with Crippen molar-refractivity contribution in [2.45, 2.75) is 181 Å². The summed E-state index contributed by atoms with van der Waals surface area (Å²) >= 11 is 0. The van der Waals surface area contributed by atoms with E-state index in [1.54, 1.807) is 0 Å². The molecular formula is C31H63NO4Si. The molecule has 0 aromatic carbocycles. The van der Waals surface area contributed by atoms with Crippen LogP contribution in [0.25, 0.3) is 0 Å². The van der Waals surface area contributed by atoms with Gasteiger partial charge in [-0.05, 0) is 58.2 Å². The number of unbranched alkanes of at least 4 members (excludes halogenated alkanes) is 12. The molecule has 0 saturated carbocycles. The maximum Gasteiger partial charge on any atom is 0.408 e. The smallest absolute Gasteiger partial charge is 0.408 e. The molecular weight excluding hydrogens is 478 g/mol. The number of Topliss-reactive ketones (excluding diaryl/α,β-unsaturated/α-hetero) is 1. The minimum Gasteiger partial charge on any atom is -0.444 e.